The molecule has 3 aromatic heterocycles. The highest BCUT2D eigenvalue weighted by Gasteiger charge is 2.25. The fourth-order valence-corrected chi connectivity index (χ4v) is 4.41. The molecule has 4 aromatic rings. The second kappa shape index (κ2) is 7.14. The molecule has 0 spiro atoms. The van der Waals surface area contributed by atoms with Gasteiger partial charge in [0.25, 0.3) is 0 Å². The first-order chi connectivity index (χ1) is 13.9. The monoisotopic (exact) mass is 405 g/mol. The van der Waals surface area contributed by atoms with E-state index in [1.54, 1.807) is 47.1 Å². The van der Waals surface area contributed by atoms with Crippen LogP contribution in [-0.2, 0) is 9.84 Å². The number of nitrogens with two attached hydrogens (primary N) is 1. The van der Waals surface area contributed by atoms with Crippen LogP contribution in [0.4, 0.5) is 11.6 Å². The number of anilines is 1. The number of sulfone groups is 1. The second-order valence-electron chi connectivity index (χ2n) is 6.71. The molecule has 0 aliphatic heterocycles. The Labute approximate surface area is 168 Å². The Morgan fingerprint density at radius 3 is 2.38 bits per heavy atom. The van der Waals surface area contributed by atoms with Crippen LogP contribution in [0, 0.1) is 13.8 Å². The van der Waals surface area contributed by atoms with Gasteiger partial charge in [0.1, 0.15) is 11.5 Å². The molecule has 0 radical (unpaired) electrons. The van der Waals surface area contributed by atoms with Gasteiger partial charge in [0.05, 0.1) is 4.90 Å². The number of nitrogen functional groups attached to an aromatic ring is 1. The highest BCUT2D eigenvalue weighted by atomic mass is 32.2. The SMILES string of the molecule is Cc1ccc(N=c2nc3ccc(C)cn3c(N)c2S(=O)(=O)c2ccccc2)nc1. The van der Waals surface area contributed by atoms with E-state index < -0.39 is 9.84 Å². The van der Waals surface area contributed by atoms with Crippen molar-refractivity contribution in [3.8, 4) is 0 Å². The predicted molar refractivity (Wildman–Crippen MR) is 110 cm³/mol. The molecular formula is C21H19N5O2S. The summed E-state index contributed by atoms with van der Waals surface area (Å²) < 4.78 is 28.4. The van der Waals surface area contributed by atoms with Gasteiger partial charge in [-0.1, -0.05) is 30.3 Å². The molecule has 0 unspecified atom stereocenters. The molecule has 0 aliphatic carbocycles. The number of hydrogen-bond acceptors (Lipinski definition) is 6. The van der Waals surface area contributed by atoms with Gasteiger partial charge in [-0.05, 0) is 49.2 Å². The molecule has 146 valence electrons. The molecule has 0 aliphatic rings. The quantitative estimate of drug-likeness (QED) is 0.564. The van der Waals surface area contributed by atoms with Crippen LogP contribution in [0.3, 0.4) is 0 Å². The Hall–Kier alpha value is -3.52. The number of fused-ring (bicyclic) bond motifs is 1. The number of nitrogens with zero attached hydrogens (tertiary/aromatic N) is 4. The van der Waals surface area contributed by atoms with Crippen LogP contribution in [0.2, 0.25) is 0 Å². The predicted octanol–water partition coefficient (Wildman–Crippen LogP) is 2.99. The van der Waals surface area contributed by atoms with Crippen molar-refractivity contribution in [2.24, 2.45) is 4.99 Å². The molecule has 3 heterocycles. The molecule has 0 saturated heterocycles. The number of rotatable bonds is 3. The number of pyridine rings is 2. The van der Waals surface area contributed by atoms with Gasteiger partial charge < -0.3 is 5.73 Å². The summed E-state index contributed by atoms with van der Waals surface area (Å²) >= 11 is 0. The van der Waals surface area contributed by atoms with Crippen molar-refractivity contribution in [3.05, 3.63) is 83.6 Å². The topological polar surface area (TPSA) is 103 Å². The van der Waals surface area contributed by atoms with Gasteiger partial charge in [0.2, 0.25) is 9.84 Å². The number of benzene rings is 1. The minimum atomic E-state index is -3.96. The van der Waals surface area contributed by atoms with E-state index in [4.69, 9.17) is 5.73 Å². The van der Waals surface area contributed by atoms with Crippen molar-refractivity contribution in [1.82, 2.24) is 14.4 Å². The van der Waals surface area contributed by atoms with Gasteiger partial charge in [-0.3, -0.25) is 4.40 Å². The standard InChI is InChI=1S/C21H19N5O2S/c1-14-8-10-17(23-12-14)24-21-19(29(27,28)16-6-4-3-5-7-16)20(22)26-13-15(2)9-11-18(26)25-21/h3-13H,22H2,1-2H3. The lowest BCUT2D eigenvalue weighted by Crippen LogP contribution is -2.24. The lowest BCUT2D eigenvalue weighted by molar-refractivity contribution is 0.594. The normalized spacial score (nSPS) is 12.4. The van der Waals surface area contributed by atoms with Crippen molar-refractivity contribution in [3.63, 3.8) is 0 Å². The molecule has 0 saturated carbocycles. The zero-order valence-corrected chi connectivity index (χ0v) is 16.8. The number of aryl methyl sites for hydroxylation is 2. The lowest BCUT2D eigenvalue weighted by Gasteiger charge is -2.12. The van der Waals surface area contributed by atoms with E-state index >= 15 is 0 Å². The molecule has 0 amide bonds. The van der Waals surface area contributed by atoms with Crippen molar-refractivity contribution < 1.29 is 8.42 Å². The maximum Gasteiger partial charge on any atom is 0.213 e. The van der Waals surface area contributed by atoms with Crippen LogP contribution in [0.15, 0.2) is 81.8 Å². The van der Waals surface area contributed by atoms with E-state index in [0.717, 1.165) is 11.1 Å². The maximum absolute atomic E-state index is 13.4. The first-order valence-corrected chi connectivity index (χ1v) is 10.4. The van der Waals surface area contributed by atoms with Gasteiger partial charge in [0.15, 0.2) is 16.2 Å². The third kappa shape index (κ3) is 3.50. The Balaban J connectivity index is 2.10. The molecule has 7 nitrogen and oxygen atoms in total. The molecular weight excluding hydrogens is 386 g/mol. The van der Waals surface area contributed by atoms with Gasteiger partial charge in [-0.25, -0.2) is 23.4 Å². The summed E-state index contributed by atoms with van der Waals surface area (Å²) in [6.45, 7) is 3.80. The van der Waals surface area contributed by atoms with Crippen molar-refractivity contribution in [2.45, 2.75) is 23.6 Å². The van der Waals surface area contributed by atoms with Gasteiger partial charge in [-0.2, -0.15) is 0 Å². The zero-order valence-electron chi connectivity index (χ0n) is 15.9. The van der Waals surface area contributed by atoms with Gasteiger partial charge >= 0.3 is 0 Å². The molecule has 0 atom stereocenters. The maximum atomic E-state index is 13.4. The Morgan fingerprint density at radius 1 is 0.966 bits per heavy atom. The van der Waals surface area contributed by atoms with Gasteiger partial charge in [0, 0.05) is 12.4 Å². The van der Waals surface area contributed by atoms with Crippen molar-refractivity contribution >= 4 is 27.1 Å². The molecule has 4 rings (SSSR count). The minimum Gasteiger partial charge on any atom is -0.384 e. The fourth-order valence-electron chi connectivity index (χ4n) is 2.95. The number of hydrogen-bond donors (Lipinski definition) is 1. The first kappa shape index (κ1) is 18.8. The van der Waals surface area contributed by atoms with Crippen LogP contribution in [-0.4, -0.2) is 22.8 Å². The van der Waals surface area contributed by atoms with E-state index in [1.165, 1.54) is 12.1 Å². The summed E-state index contributed by atoms with van der Waals surface area (Å²) in [5, 5.41) is 0. The average Bonchev–Trinajstić information content (AvgIpc) is 2.71. The molecule has 1 aromatic carbocycles. The summed E-state index contributed by atoms with van der Waals surface area (Å²) in [4.78, 5) is 13.1. The average molecular weight is 405 g/mol. The third-order valence-corrected chi connectivity index (χ3v) is 6.25. The van der Waals surface area contributed by atoms with Gasteiger partial charge in [-0.15, -0.1) is 0 Å². The second-order valence-corrected chi connectivity index (χ2v) is 8.59. The molecule has 0 bridgehead atoms. The van der Waals surface area contributed by atoms with Crippen LogP contribution in [0.1, 0.15) is 11.1 Å². The van der Waals surface area contributed by atoms with E-state index in [1.807, 2.05) is 26.0 Å². The Morgan fingerprint density at radius 2 is 1.69 bits per heavy atom. The largest absolute Gasteiger partial charge is 0.384 e. The van der Waals surface area contributed by atoms with Crippen LogP contribution >= 0.6 is 0 Å². The zero-order chi connectivity index (χ0) is 20.6. The molecule has 8 heteroatoms. The smallest absolute Gasteiger partial charge is 0.213 e. The molecule has 0 fully saturated rings. The molecule has 29 heavy (non-hydrogen) atoms. The highest BCUT2D eigenvalue weighted by molar-refractivity contribution is 7.91. The van der Waals surface area contributed by atoms with Crippen molar-refractivity contribution in [1.29, 1.82) is 0 Å². The lowest BCUT2D eigenvalue weighted by atomic mass is 10.3. The van der Waals surface area contributed by atoms with Crippen LogP contribution in [0.5, 0.6) is 0 Å². The van der Waals surface area contributed by atoms with E-state index in [2.05, 4.69) is 15.0 Å². The van der Waals surface area contributed by atoms with Crippen LogP contribution in [0.25, 0.3) is 5.65 Å². The molecule has 2 N–H and O–H groups in total. The number of aromatic nitrogens is 3. The minimum absolute atomic E-state index is 0.00607. The Bertz CT molecular complexity index is 1380. The van der Waals surface area contributed by atoms with Crippen molar-refractivity contribution in [2.75, 3.05) is 5.73 Å². The third-order valence-electron chi connectivity index (χ3n) is 4.43. The summed E-state index contributed by atoms with van der Waals surface area (Å²) in [5.74, 6) is 0.400. The highest BCUT2D eigenvalue weighted by Crippen LogP contribution is 2.24. The summed E-state index contributed by atoms with van der Waals surface area (Å²) in [6.07, 6.45) is 3.41. The van der Waals surface area contributed by atoms with Crippen LogP contribution < -0.4 is 11.2 Å². The summed E-state index contributed by atoms with van der Waals surface area (Å²) in [7, 11) is -3.96. The summed E-state index contributed by atoms with van der Waals surface area (Å²) in [5.41, 5.74) is 8.74. The summed E-state index contributed by atoms with van der Waals surface area (Å²) in [6, 6.07) is 15.3. The first-order valence-electron chi connectivity index (χ1n) is 8.92. The van der Waals surface area contributed by atoms with E-state index in [9.17, 15) is 8.42 Å². The Kier molecular flexibility index (Phi) is 4.63. The van der Waals surface area contributed by atoms with E-state index in [-0.39, 0.29) is 21.1 Å². The van der Waals surface area contributed by atoms with E-state index in [0.29, 0.717) is 11.5 Å². The fraction of sp³-hybridized carbons (Fsp3) is 0.0952.